The van der Waals surface area contributed by atoms with E-state index in [1.54, 1.807) is 12.1 Å². The Balaban J connectivity index is 1.91. The maximum atomic E-state index is 12.8. The van der Waals surface area contributed by atoms with Gasteiger partial charge in [0.1, 0.15) is 6.07 Å². The summed E-state index contributed by atoms with van der Waals surface area (Å²) in [4.78, 5) is 4.18. The minimum Gasteiger partial charge on any atom is -0.363 e. The monoisotopic (exact) mass is 395 g/mol. The molecule has 1 N–H and O–H groups in total. The highest BCUT2D eigenvalue weighted by atomic mass is 32.2. The lowest BCUT2D eigenvalue weighted by Gasteiger charge is -2.35. The average molecular weight is 396 g/mol. The molecule has 0 bridgehead atoms. The SMILES string of the molecule is CN(C)CCCNC(=S)N1CCN(S(=O)(=O)c2ccccc2C#N)CC1. The van der Waals surface area contributed by atoms with Crippen LogP contribution in [-0.4, -0.2) is 81.0 Å². The normalized spacial score (nSPS) is 15.7. The smallest absolute Gasteiger partial charge is 0.244 e. The van der Waals surface area contributed by atoms with Gasteiger partial charge < -0.3 is 15.1 Å². The zero-order valence-corrected chi connectivity index (χ0v) is 16.8. The molecular weight excluding hydrogens is 370 g/mol. The van der Waals surface area contributed by atoms with Crippen molar-refractivity contribution in [2.45, 2.75) is 11.3 Å². The molecule has 1 fully saturated rings. The number of benzene rings is 1. The molecule has 0 saturated carbocycles. The standard InChI is InChI=1S/C17H25N5O2S2/c1-20(2)9-5-8-19-17(25)21-10-12-22(13-11-21)26(23,24)16-7-4-3-6-15(16)14-18/h3-4,6-7H,5,8-13H2,1-2H3,(H,19,25). The van der Waals surface area contributed by atoms with E-state index in [9.17, 15) is 8.42 Å². The molecule has 1 aliphatic rings. The molecule has 0 spiro atoms. The highest BCUT2D eigenvalue weighted by Gasteiger charge is 2.30. The average Bonchev–Trinajstić information content (AvgIpc) is 2.65. The van der Waals surface area contributed by atoms with Gasteiger partial charge in [-0.3, -0.25) is 0 Å². The molecular formula is C17H25N5O2S2. The predicted octanol–water partition coefficient (Wildman–Crippen LogP) is 0.691. The van der Waals surface area contributed by atoms with Crippen molar-refractivity contribution < 1.29 is 8.42 Å². The quantitative estimate of drug-likeness (QED) is 0.561. The number of nitrogens with zero attached hydrogens (tertiary/aromatic N) is 4. The molecule has 1 aromatic carbocycles. The van der Waals surface area contributed by atoms with Crippen LogP contribution in [-0.2, 0) is 10.0 Å². The van der Waals surface area contributed by atoms with Crippen LogP contribution in [0.25, 0.3) is 0 Å². The number of hydrogen-bond acceptors (Lipinski definition) is 5. The zero-order chi connectivity index (χ0) is 19.2. The summed E-state index contributed by atoms with van der Waals surface area (Å²) in [6.07, 6.45) is 0.992. The molecule has 1 saturated heterocycles. The van der Waals surface area contributed by atoms with Gasteiger partial charge in [-0.25, -0.2) is 8.42 Å². The molecule has 1 aromatic rings. The lowest BCUT2D eigenvalue weighted by atomic mass is 10.2. The highest BCUT2D eigenvalue weighted by molar-refractivity contribution is 7.89. The molecule has 2 rings (SSSR count). The molecule has 1 heterocycles. The fourth-order valence-corrected chi connectivity index (χ4v) is 4.61. The topological polar surface area (TPSA) is 79.7 Å². The molecule has 26 heavy (non-hydrogen) atoms. The summed E-state index contributed by atoms with van der Waals surface area (Å²) in [6, 6.07) is 8.26. The number of thiocarbonyl (C=S) groups is 1. The van der Waals surface area contributed by atoms with Crippen LogP contribution in [0.2, 0.25) is 0 Å². The Hall–Kier alpha value is -1.73. The maximum absolute atomic E-state index is 12.8. The third-order valence-electron chi connectivity index (χ3n) is 4.21. The van der Waals surface area contributed by atoms with Gasteiger partial charge >= 0.3 is 0 Å². The van der Waals surface area contributed by atoms with Crippen LogP contribution in [0.1, 0.15) is 12.0 Å². The summed E-state index contributed by atoms with van der Waals surface area (Å²) in [5.74, 6) is 0. The van der Waals surface area contributed by atoms with Crippen molar-refractivity contribution in [2.75, 3.05) is 53.4 Å². The third-order valence-corrected chi connectivity index (χ3v) is 6.57. The van der Waals surface area contributed by atoms with Gasteiger partial charge in [0.25, 0.3) is 0 Å². The summed E-state index contributed by atoms with van der Waals surface area (Å²) >= 11 is 5.41. The van der Waals surface area contributed by atoms with Crippen molar-refractivity contribution in [3.63, 3.8) is 0 Å². The summed E-state index contributed by atoms with van der Waals surface area (Å²) in [7, 11) is 0.391. The van der Waals surface area contributed by atoms with Gasteiger partial charge in [0.2, 0.25) is 10.0 Å². The zero-order valence-electron chi connectivity index (χ0n) is 15.2. The van der Waals surface area contributed by atoms with Gasteiger partial charge in [0.05, 0.1) is 10.5 Å². The molecule has 1 aliphatic heterocycles. The Morgan fingerprint density at radius 2 is 1.92 bits per heavy atom. The van der Waals surface area contributed by atoms with Crippen LogP contribution >= 0.6 is 12.2 Å². The van der Waals surface area contributed by atoms with Gasteiger partial charge in [-0.1, -0.05) is 12.1 Å². The van der Waals surface area contributed by atoms with Crippen molar-refractivity contribution in [3.8, 4) is 6.07 Å². The highest BCUT2D eigenvalue weighted by Crippen LogP contribution is 2.21. The van der Waals surface area contributed by atoms with Crippen molar-refractivity contribution in [2.24, 2.45) is 0 Å². The molecule has 0 atom stereocenters. The molecule has 0 amide bonds. The number of hydrogen-bond donors (Lipinski definition) is 1. The minimum absolute atomic E-state index is 0.0698. The number of rotatable bonds is 6. The first-order chi connectivity index (χ1) is 12.4. The first-order valence-corrected chi connectivity index (χ1v) is 10.4. The Kier molecular flexibility index (Phi) is 7.34. The van der Waals surface area contributed by atoms with Crippen molar-refractivity contribution in [1.29, 1.82) is 5.26 Å². The molecule has 142 valence electrons. The maximum Gasteiger partial charge on any atom is 0.244 e. The van der Waals surface area contributed by atoms with E-state index in [-0.39, 0.29) is 10.5 Å². The van der Waals surface area contributed by atoms with Crippen molar-refractivity contribution in [1.82, 2.24) is 19.4 Å². The van der Waals surface area contributed by atoms with E-state index in [1.165, 1.54) is 16.4 Å². The van der Waals surface area contributed by atoms with Crippen LogP contribution in [0.5, 0.6) is 0 Å². The van der Waals surface area contributed by atoms with Crippen LogP contribution in [0, 0.1) is 11.3 Å². The summed E-state index contributed by atoms with van der Waals surface area (Å²) in [5, 5.41) is 13.1. The van der Waals surface area contributed by atoms with Crippen molar-refractivity contribution >= 4 is 27.4 Å². The third kappa shape index (κ3) is 5.14. The molecule has 9 heteroatoms. The van der Waals surface area contributed by atoms with E-state index >= 15 is 0 Å². The van der Waals surface area contributed by atoms with Crippen LogP contribution in [0.3, 0.4) is 0 Å². The first-order valence-electron chi connectivity index (χ1n) is 8.53. The van der Waals surface area contributed by atoms with E-state index in [4.69, 9.17) is 17.5 Å². The van der Waals surface area contributed by atoms with Gasteiger partial charge in [0.15, 0.2) is 5.11 Å². The van der Waals surface area contributed by atoms with Gasteiger partial charge in [0, 0.05) is 32.7 Å². The van der Waals surface area contributed by atoms with Crippen LogP contribution in [0.15, 0.2) is 29.2 Å². The second kappa shape index (κ2) is 9.28. The molecule has 0 aliphatic carbocycles. The minimum atomic E-state index is -3.67. The number of nitrogens with one attached hydrogen (secondary N) is 1. The predicted molar refractivity (Wildman–Crippen MR) is 105 cm³/mol. The largest absolute Gasteiger partial charge is 0.363 e. The lowest BCUT2D eigenvalue weighted by molar-refractivity contribution is 0.263. The molecule has 0 radical (unpaired) electrons. The van der Waals surface area contributed by atoms with Gasteiger partial charge in [-0.15, -0.1) is 0 Å². The summed E-state index contributed by atoms with van der Waals surface area (Å²) in [6.45, 7) is 3.55. The molecule has 7 nitrogen and oxygen atoms in total. The van der Waals surface area contributed by atoms with Crippen molar-refractivity contribution in [3.05, 3.63) is 29.8 Å². The van der Waals surface area contributed by atoms with E-state index in [0.29, 0.717) is 31.3 Å². The van der Waals surface area contributed by atoms with Crippen LogP contribution in [0.4, 0.5) is 0 Å². The van der Waals surface area contributed by atoms with Crippen LogP contribution < -0.4 is 5.32 Å². The Bertz CT molecular complexity index is 766. The Morgan fingerprint density at radius 3 is 2.54 bits per heavy atom. The fraction of sp³-hybridized carbons (Fsp3) is 0.529. The Morgan fingerprint density at radius 1 is 1.27 bits per heavy atom. The Labute approximate surface area is 161 Å². The summed E-state index contributed by atoms with van der Waals surface area (Å²) in [5.41, 5.74) is 0.174. The van der Waals surface area contributed by atoms with E-state index < -0.39 is 10.0 Å². The van der Waals surface area contributed by atoms with E-state index in [0.717, 1.165) is 19.5 Å². The summed E-state index contributed by atoms with van der Waals surface area (Å²) < 4.78 is 27.1. The fourth-order valence-electron chi connectivity index (χ4n) is 2.76. The number of nitriles is 1. The lowest BCUT2D eigenvalue weighted by Crippen LogP contribution is -2.53. The van der Waals surface area contributed by atoms with Gasteiger partial charge in [-0.05, 0) is 51.4 Å². The second-order valence-corrected chi connectivity index (χ2v) is 8.68. The van der Waals surface area contributed by atoms with Gasteiger partial charge in [-0.2, -0.15) is 9.57 Å². The first kappa shape index (κ1) is 20.6. The number of sulfonamides is 1. The number of piperazine rings is 1. The van der Waals surface area contributed by atoms with E-state index in [1.807, 2.05) is 25.1 Å². The van der Waals surface area contributed by atoms with E-state index in [2.05, 4.69) is 10.2 Å². The molecule has 0 aromatic heterocycles. The molecule has 0 unspecified atom stereocenters. The second-order valence-electron chi connectivity index (χ2n) is 6.39.